The van der Waals surface area contributed by atoms with Gasteiger partial charge in [-0.1, -0.05) is 12.1 Å². The monoisotopic (exact) mass is 198 g/mol. The van der Waals surface area contributed by atoms with Crippen molar-refractivity contribution in [2.45, 2.75) is 26.3 Å². The fraction of sp³-hybridized carbons (Fsp3) is 0.778. The largest absolute Gasteiger partial charge is 0.380 e. The van der Waals surface area contributed by atoms with Crippen molar-refractivity contribution in [3.05, 3.63) is 11.9 Å². The van der Waals surface area contributed by atoms with E-state index in [2.05, 4.69) is 17.2 Å². The molecule has 0 saturated carbocycles. The number of ether oxygens (including phenoxy) is 1. The van der Waals surface area contributed by atoms with Crippen LogP contribution in [0.2, 0.25) is 0 Å². The maximum Gasteiger partial charge on any atom is 0.0839 e. The molecule has 1 aromatic heterocycles. The van der Waals surface area contributed by atoms with Gasteiger partial charge in [0.15, 0.2) is 0 Å². The van der Waals surface area contributed by atoms with E-state index in [0.29, 0.717) is 13.2 Å². The van der Waals surface area contributed by atoms with E-state index >= 15 is 0 Å². The normalized spacial score (nSPS) is 10.7. The fourth-order valence-corrected chi connectivity index (χ4v) is 1.11. The molecule has 0 aliphatic carbocycles. The molecule has 0 unspecified atom stereocenters. The molecule has 0 saturated heterocycles. The van der Waals surface area contributed by atoms with Gasteiger partial charge in [-0.05, 0) is 13.0 Å². The molecule has 5 heteroatoms. The molecular weight excluding hydrogens is 180 g/mol. The Hall–Kier alpha value is -0.940. The summed E-state index contributed by atoms with van der Waals surface area (Å²) in [5.41, 5.74) is 6.35. The van der Waals surface area contributed by atoms with Crippen molar-refractivity contribution in [1.82, 2.24) is 15.0 Å². The molecule has 0 aliphatic rings. The second-order valence-electron chi connectivity index (χ2n) is 3.12. The Bertz CT molecular complexity index is 249. The summed E-state index contributed by atoms with van der Waals surface area (Å²) in [6, 6.07) is 0. The lowest BCUT2D eigenvalue weighted by Gasteiger charge is -2.01. The van der Waals surface area contributed by atoms with Gasteiger partial charge in [-0.3, -0.25) is 0 Å². The van der Waals surface area contributed by atoms with Gasteiger partial charge < -0.3 is 10.5 Å². The molecule has 5 nitrogen and oxygen atoms in total. The summed E-state index contributed by atoms with van der Waals surface area (Å²) in [5, 5.41) is 7.95. The van der Waals surface area contributed by atoms with Crippen molar-refractivity contribution in [3.63, 3.8) is 0 Å². The topological polar surface area (TPSA) is 66.0 Å². The number of rotatable bonds is 7. The van der Waals surface area contributed by atoms with Crippen LogP contribution in [-0.4, -0.2) is 34.8 Å². The molecule has 0 amide bonds. The molecular formula is C9H18N4O. The molecule has 0 aromatic carbocycles. The van der Waals surface area contributed by atoms with Crippen molar-refractivity contribution >= 4 is 0 Å². The summed E-state index contributed by atoms with van der Waals surface area (Å²) in [6.07, 6.45) is 3.76. The van der Waals surface area contributed by atoms with Gasteiger partial charge in [-0.2, -0.15) is 0 Å². The third-order valence-corrected chi connectivity index (χ3v) is 1.80. The summed E-state index contributed by atoms with van der Waals surface area (Å²) in [6.45, 7) is 4.97. The summed E-state index contributed by atoms with van der Waals surface area (Å²) in [7, 11) is 0. The van der Waals surface area contributed by atoms with Gasteiger partial charge in [0.25, 0.3) is 0 Å². The Balaban J connectivity index is 2.22. The minimum absolute atomic E-state index is 0.616. The first kappa shape index (κ1) is 11.1. The van der Waals surface area contributed by atoms with Crippen molar-refractivity contribution in [3.8, 4) is 0 Å². The van der Waals surface area contributed by atoms with E-state index in [9.17, 15) is 0 Å². The van der Waals surface area contributed by atoms with Gasteiger partial charge in [0.2, 0.25) is 0 Å². The second kappa shape index (κ2) is 6.50. The van der Waals surface area contributed by atoms with Crippen molar-refractivity contribution in [2.75, 3.05) is 19.8 Å². The zero-order valence-electron chi connectivity index (χ0n) is 8.65. The van der Waals surface area contributed by atoms with Gasteiger partial charge >= 0.3 is 0 Å². The van der Waals surface area contributed by atoms with Crippen LogP contribution in [0, 0.1) is 0 Å². The van der Waals surface area contributed by atoms with E-state index in [1.165, 1.54) is 0 Å². The molecule has 1 heterocycles. The molecule has 0 atom stereocenters. The van der Waals surface area contributed by atoms with E-state index in [0.717, 1.165) is 31.7 Å². The van der Waals surface area contributed by atoms with Crippen molar-refractivity contribution < 1.29 is 4.74 Å². The molecule has 1 rings (SSSR count). The lowest BCUT2D eigenvalue weighted by Crippen LogP contribution is -2.07. The maximum absolute atomic E-state index is 5.41. The van der Waals surface area contributed by atoms with Crippen LogP contribution in [0.25, 0.3) is 0 Å². The first-order valence-electron chi connectivity index (χ1n) is 5.03. The zero-order chi connectivity index (χ0) is 10.2. The molecule has 0 spiro atoms. The van der Waals surface area contributed by atoms with E-state index in [1.54, 1.807) is 4.68 Å². The minimum atomic E-state index is 0.616. The highest BCUT2D eigenvalue weighted by atomic mass is 16.5. The van der Waals surface area contributed by atoms with E-state index in [1.807, 2.05) is 6.20 Å². The van der Waals surface area contributed by atoms with Gasteiger partial charge in [0, 0.05) is 19.2 Å². The molecule has 0 bridgehead atoms. The molecule has 1 aromatic rings. The number of nitrogens with zero attached hydrogens (tertiary/aromatic N) is 3. The van der Waals surface area contributed by atoms with Crippen LogP contribution in [0.3, 0.4) is 0 Å². The highest BCUT2D eigenvalue weighted by molar-refractivity contribution is 4.92. The van der Waals surface area contributed by atoms with Crippen LogP contribution in [0.15, 0.2) is 6.20 Å². The average Bonchev–Trinajstić information content (AvgIpc) is 2.61. The number of aromatic nitrogens is 3. The number of hydrogen-bond acceptors (Lipinski definition) is 4. The highest BCUT2D eigenvalue weighted by Gasteiger charge is 1.98. The standard InChI is InChI=1S/C9H18N4O/c1-2-6-14-7-5-13-8-9(3-4-10)11-12-13/h8H,2-7,10H2,1H3. The van der Waals surface area contributed by atoms with Gasteiger partial charge in [-0.15, -0.1) is 5.10 Å². The Kier molecular flexibility index (Phi) is 5.17. The summed E-state index contributed by atoms with van der Waals surface area (Å²) >= 11 is 0. The quantitative estimate of drug-likeness (QED) is 0.636. The molecule has 0 radical (unpaired) electrons. The molecule has 2 N–H and O–H groups in total. The summed E-state index contributed by atoms with van der Waals surface area (Å²) < 4.78 is 7.13. The molecule has 0 aliphatic heterocycles. The Morgan fingerprint density at radius 1 is 1.50 bits per heavy atom. The number of hydrogen-bond donors (Lipinski definition) is 1. The number of nitrogens with two attached hydrogens (primary N) is 1. The van der Waals surface area contributed by atoms with Crippen LogP contribution >= 0.6 is 0 Å². The lowest BCUT2D eigenvalue weighted by atomic mass is 10.3. The first-order valence-corrected chi connectivity index (χ1v) is 5.03. The van der Waals surface area contributed by atoms with Crippen LogP contribution < -0.4 is 5.73 Å². The Labute approximate surface area is 84.2 Å². The fourth-order valence-electron chi connectivity index (χ4n) is 1.11. The maximum atomic E-state index is 5.41. The smallest absolute Gasteiger partial charge is 0.0839 e. The van der Waals surface area contributed by atoms with Crippen LogP contribution in [-0.2, 0) is 17.7 Å². The molecule has 0 fully saturated rings. The Morgan fingerprint density at radius 2 is 2.36 bits per heavy atom. The molecule has 80 valence electrons. The summed E-state index contributed by atoms with van der Waals surface area (Å²) in [4.78, 5) is 0. The van der Waals surface area contributed by atoms with Gasteiger partial charge in [-0.25, -0.2) is 4.68 Å². The minimum Gasteiger partial charge on any atom is -0.380 e. The SMILES string of the molecule is CCCOCCn1cc(CCN)nn1. The van der Waals surface area contributed by atoms with Crippen molar-refractivity contribution in [2.24, 2.45) is 5.73 Å². The zero-order valence-corrected chi connectivity index (χ0v) is 8.65. The third kappa shape index (κ3) is 3.85. The molecule has 14 heavy (non-hydrogen) atoms. The van der Waals surface area contributed by atoms with E-state index in [4.69, 9.17) is 10.5 Å². The third-order valence-electron chi connectivity index (χ3n) is 1.80. The predicted molar refractivity (Wildman–Crippen MR) is 53.9 cm³/mol. The van der Waals surface area contributed by atoms with Crippen LogP contribution in [0.5, 0.6) is 0 Å². The first-order chi connectivity index (χ1) is 6.86. The second-order valence-corrected chi connectivity index (χ2v) is 3.12. The van der Waals surface area contributed by atoms with Crippen molar-refractivity contribution in [1.29, 1.82) is 0 Å². The Morgan fingerprint density at radius 3 is 3.07 bits per heavy atom. The van der Waals surface area contributed by atoms with E-state index < -0.39 is 0 Å². The highest BCUT2D eigenvalue weighted by Crippen LogP contribution is 1.93. The average molecular weight is 198 g/mol. The van der Waals surface area contributed by atoms with Crippen LogP contribution in [0.4, 0.5) is 0 Å². The van der Waals surface area contributed by atoms with E-state index in [-0.39, 0.29) is 0 Å². The lowest BCUT2D eigenvalue weighted by molar-refractivity contribution is 0.124. The van der Waals surface area contributed by atoms with Gasteiger partial charge in [0.1, 0.15) is 0 Å². The van der Waals surface area contributed by atoms with Gasteiger partial charge in [0.05, 0.1) is 18.8 Å². The summed E-state index contributed by atoms with van der Waals surface area (Å²) in [5.74, 6) is 0. The van der Waals surface area contributed by atoms with Crippen LogP contribution in [0.1, 0.15) is 19.0 Å². The predicted octanol–water partition coefficient (Wildman–Crippen LogP) is 0.206.